The van der Waals surface area contributed by atoms with Crippen molar-refractivity contribution in [3.8, 4) is 5.75 Å². The Balaban J connectivity index is 1.02. The molecule has 0 aromatic heterocycles. The molecule has 3 saturated heterocycles. The number of piperidine rings is 1. The maximum Gasteiger partial charge on any atom is 0.471 e. The summed E-state index contributed by atoms with van der Waals surface area (Å²) in [6, 6.07) is 12.5. The second kappa shape index (κ2) is 10.2. The largest absolute Gasteiger partial charge is 0.489 e. The fourth-order valence-electron chi connectivity index (χ4n) is 6.36. The van der Waals surface area contributed by atoms with Crippen molar-refractivity contribution in [2.75, 3.05) is 26.2 Å². The van der Waals surface area contributed by atoms with E-state index in [1.165, 1.54) is 4.90 Å². The molecular weight excluding hydrogens is 541 g/mol. The van der Waals surface area contributed by atoms with Crippen LogP contribution in [0.2, 0.25) is 0 Å². The standard InChI is InChI=1S/C29H29F3N4O5/c30-29(31,32)27(40)35-16-28(17-35)10-11-34(15-28)12-18-4-6-19(7-5-18)14-41-23-3-1-2-20-21(23)13-36(26(20)39)22-8-9-24(37)33-25(22)38/h1-7,22H,8-17H2,(H,33,37,38). The van der Waals surface area contributed by atoms with Crippen LogP contribution in [-0.2, 0) is 34.1 Å². The molecule has 4 aliphatic heterocycles. The van der Waals surface area contributed by atoms with Crippen molar-refractivity contribution < 1.29 is 37.1 Å². The van der Waals surface area contributed by atoms with Crippen molar-refractivity contribution in [2.24, 2.45) is 5.41 Å². The van der Waals surface area contributed by atoms with Gasteiger partial charge >= 0.3 is 12.1 Å². The summed E-state index contributed by atoms with van der Waals surface area (Å²) in [5.74, 6) is -2.23. The number of benzene rings is 2. The van der Waals surface area contributed by atoms with Crippen molar-refractivity contribution in [3.63, 3.8) is 0 Å². The minimum atomic E-state index is -4.82. The molecule has 0 bridgehead atoms. The van der Waals surface area contributed by atoms with Gasteiger partial charge in [0.1, 0.15) is 18.4 Å². The number of rotatable bonds is 6. The SMILES string of the molecule is O=C1CCC(N2Cc3c(OCc4ccc(CN5CCC6(C5)CN(C(=O)C(F)(F)F)C6)cc4)cccc3C2=O)C(=O)N1. The van der Waals surface area contributed by atoms with Crippen LogP contribution in [0.4, 0.5) is 13.2 Å². The lowest BCUT2D eigenvalue weighted by Gasteiger charge is -2.48. The first-order valence-electron chi connectivity index (χ1n) is 13.6. The van der Waals surface area contributed by atoms with Crippen molar-refractivity contribution >= 4 is 23.6 Å². The predicted octanol–water partition coefficient (Wildman–Crippen LogP) is 2.62. The maximum atomic E-state index is 13.0. The van der Waals surface area contributed by atoms with E-state index in [4.69, 9.17) is 4.74 Å². The lowest BCUT2D eigenvalue weighted by molar-refractivity contribution is -0.195. The number of imide groups is 1. The monoisotopic (exact) mass is 570 g/mol. The van der Waals surface area contributed by atoms with Gasteiger partial charge in [-0.2, -0.15) is 13.2 Å². The molecule has 1 spiro atoms. The van der Waals surface area contributed by atoms with Gasteiger partial charge in [-0.15, -0.1) is 0 Å². The Hall–Kier alpha value is -3.93. The van der Waals surface area contributed by atoms with Crippen LogP contribution in [0, 0.1) is 5.41 Å². The molecule has 3 fully saturated rings. The van der Waals surface area contributed by atoms with Crippen LogP contribution in [0.1, 0.15) is 46.3 Å². The van der Waals surface area contributed by atoms with Gasteiger partial charge < -0.3 is 14.5 Å². The Bertz CT molecular complexity index is 1400. The van der Waals surface area contributed by atoms with Gasteiger partial charge in [-0.25, -0.2) is 0 Å². The average Bonchev–Trinajstić information content (AvgIpc) is 3.48. The van der Waals surface area contributed by atoms with Gasteiger partial charge in [-0.1, -0.05) is 30.3 Å². The lowest BCUT2D eigenvalue weighted by atomic mass is 9.79. The van der Waals surface area contributed by atoms with E-state index in [1.54, 1.807) is 18.2 Å². The van der Waals surface area contributed by atoms with Gasteiger partial charge in [0.05, 0.1) is 6.54 Å². The molecule has 1 N–H and O–H groups in total. The summed E-state index contributed by atoms with van der Waals surface area (Å²) < 4.78 is 44.1. The van der Waals surface area contributed by atoms with E-state index >= 15 is 0 Å². The molecule has 9 nitrogen and oxygen atoms in total. The number of carbonyl (C=O) groups excluding carboxylic acids is 4. The topological polar surface area (TPSA) is 99.3 Å². The van der Waals surface area contributed by atoms with Gasteiger partial charge in [0.25, 0.3) is 5.91 Å². The van der Waals surface area contributed by atoms with Crippen LogP contribution in [0.25, 0.3) is 0 Å². The van der Waals surface area contributed by atoms with Gasteiger partial charge in [0.15, 0.2) is 0 Å². The lowest BCUT2D eigenvalue weighted by Crippen LogP contribution is -2.62. The molecule has 4 amide bonds. The first kappa shape index (κ1) is 27.3. The van der Waals surface area contributed by atoms with Crippen LogP contribution in [-0.4, -0.2) is 76.7 Å². The highest BCUT2D eigenvalue weighted by Crippen LogP contribution is 2.41. The van der Waals surface area contributed by atoms with Crippen LogP contribution in [0.15, 0.2) is 42.5 Å². The van der Waals surface area contributed by atoms with Crippen molar-refractivity contribution in [3.05, 3.63) is 64.7 Å². The summed E-state index contributed by atoms with van der Waals surface area (Å²) in [4.78, 5) is 52.9. The molecule has 4 heterocycles. The molecule has 0 saturated carbocycles. The average molecular weight is 571 g/mol. The summed E-state index contributed by atoms with van der Waals surface area (Å²) in [5.41, 5.74) is 2.95. The third kappa shape index (κ3) is 5.28. The number of alkyl halides is 3. The molecule has 2 aromatic carbocycles. The molecule has 12 heteroatoms. The van der Waals surface area contributed by atoms with Crippen LogP contribution in [0.3, 0.4) is 0 Å². The Morgan fingerprint density at radius 2 is 1.76 bits per heavy atom. The van der Waals surface area contributed by atoms with E-state index in [1.807, 2.05) is 24.3 Å². The smallest absolute Gasteiger partial charge is 0.471 e. The number of nitrogens with zero attached hydrogens (tertiary/aromatic N) is 3. The van der Waals surface area contributed by atoms with E-state index < -0.39 is 24.0 Å². The van der Waals surface area contributed by atoms with Crippen LogP contribution in [0.5, 0.6) is 5.75 Å². The number of fused-ring (bicyclic) bond motifs is 1. The minimum absolute atomic E-state index is 0.151. The zero-order valence-corrected chi connectivity index (χ0v) is 22.2. The maximum absolute atomic E-state index is 13.0. The number of amides is 4. The summed E-state index contributed by atoms with van der Waals surface area (Å²) in [6.07, 6.45) is -3.57. The van der Waals surface area contributed by atoms with Crippen LogP contribution >= 0.6 is 0 Å². The van der Waals surface area contributed by atoms with E-state index in [2.05, 4.69) is 10.2 Å². The summed E-state index contributed by atoms with van der Waals surface area (Å²) in [6.45, 7) is 2.91. The van der Waals surface area contributed by atoms with E-state index in [9.17, 15) is 32.3 Å². The van der Waals surface area contributed by atoms with Crippen molar-refractivity contribution in [1.82, 2.24) is 20.0 Å². The van der Waals surface area contributed by atoms with E-state index in [-0.39, 0.29) is 49.9 Å². The van der Waals surface area contributed by atoms with Crippen molar-refractivity contribution in [2.45, 2.75) is 51.2 Å². The number of hydrogen-bond acceptors (Lipinski definition) is 6. The van der Waals surface area contributed by atoms with E-state index in [0.717, 1.165) is 29.0 Å². The summed E-state index contributed by atoms with van der Waals surface area (Å²) in [7, 11) is 0. The Kier molecular flexibility index (Phi) is 6.75. The van der Waals surface area contributed by atoms with Crippen LogP contribution < -0.4 is 10.1 Å². The fourth-order valence-corrected chi connectivity index (χ4v) is 6.36. The number of ether oxygens (including phenoxy) is 1. The highest BCUT2D eigenvalue weighted by atomic mass is 19.4. The van der Waals surface area contributed by atoms with Gasteiger partial charge in [0, 0.05) is 49.1 Å². The Morgan fingerprint density at radius 1 is 1.02 bits per heavy atom. The fraction of sp³-hybridized carbons (Fsp3) is 0.448. The van der Waals surface area contributed by atoms with Crippen molar-refractivity contribution in [1.29, 1.82) is 0 Å². The van der Waals surface area contributed by atoms with Gasteiger partial charge in [-0.3, -0.25) is 29.4 Å². The Labute approximate surface area is 234 Å². The normalized spacial score (nSPS) is 22.1. The molecule has 6 rings (SSSR count). The molecule has 0 radical (unpaired) electrons. The molecule has 41 heavy (non-hydrogen) atoms. The zero-order chi connectivity index (χ0) is 28.9. The molecule has 0 aliphatic carbocycles. The molecular formula is C29H29F3N4O5. The summed E-state index contributed by atoms with van der Waals surface area (Å²) in [5, 5.41) is 2.30. The quantitative estimate of drug-likeness (QED) is 0.537. The number of likely N-dealkylation sites (tertiary alicyclic amines) is 2. The highest BCUT2D eigenvalue weighted by Gasteiger charge is 2.54. The minimum Gasteiger partial charge on any atom is -0.489 e. The first-order chi connectivity index (χ1) is 19.5. The molecule has 1 atom stereocenters. The first-order valence-corrected chi connectivity index (χ1v) is 13.6. The number of halogens is 3. The predicted molar refractivity (Wildman–Crippen MR) is 138 cm³/mol. The number of nitrogens with one attached hydrogen (secondary N) is 1. The summed E-state index contributed by atoms with van der Waals surface area (Å²) >= 11 is 0. The second-order valence-corrected chi connectivity index (χ2v) is 11.4. The molecule has 216 valence electrons. The zero-order valence-electron chi connectivity index (χ0n) is 22.2. The molecule has 4 aliphatic rings. The van der Waals surface area contributed by atoms with E-state index in [0.29, 0.717) is 36.4 Å². The number of hydrogen-bond donors (Lipinski definition) is 1. The van der Waals surface area contributed by atoms with Gasteiger partial charge in [0.2, 0.25) is 11.8 Å². The molecule has 1 unspecified atom stereocenters. The highest BCUT2D eigenvalue weighted by molar-refractivity contribution is 6.05. The molecule has 2 aromatic rings. The number of carbonyl (C=O) groups is 4. The second-order valence-electron chi connectivity index (χ2n) is 11.4. The third-order valence-electron chi connectivity index (χ3n) is 8.46. The van der Waals surface area contributed by atoms with Gasteiger partial charge in [-0.05, 0) is 42.6 Å². The third-order valence-corrected chi connectivity index (χ3v) is 8.46. The Morgan fingerprint density at radius 3 is 2.46 bits per heavy atom.